The fraction of sp³-hybridized carbons (Fsp3) is 0.789. The molecular weight excluding hydrogens is 242 g/mol. The maximum atomic E-state index is 3.85. The number of allylic oxidation sites excluding steroid dienone is 2. The van der Waals surface area contributed by atoms with Crippen LogP contribution in [0.2, 0.25) is 0 Å². The number of nitrogens with one attached hydrogen (secondary N) is 1. The Morgan fingerprint density at radius 2 is 1.20 bits per heavy atom. The third-order valence-electron chi connectivity index (χ3n) is 4.04. The number of rotatable bonds is 16. The van der Waals surface area contributed by atoms with Crippen LogP contribution in [0.1, 0.15) is 77.0 Å². The molecule has 0 saturated carbocycles. The van der Waals surface area contributed by atoms with Gasteiger partial charge in [-0.05, 0) is 45.2 Å². The van der Waals surface area contributed by atoms with Crippen molar-refractivity contribution in [3.63, 3.8) is 0 Å². The molecule has 0 aromatic heterocycles. The van der Waals surface area contributed by atoms with Crippen molar-refractivity contribution < 1.29 is 0 Å². The van der Waals surface area contributed by atoms with Crippen LogP contribution in [0.15, 0.2) is 25.3 Å². The number of unbranched alkanes of at least 4 members (excludes halogenated alkanes) is 8. The van der Waals surface area contributed by atoms with Gasteiger partial charge in [0.2, 0.25) is 0 Å². The summed E-state index contributed by atoms with van der Waals surface area (Å²) >= 11 is 0. The minimum Gasteiger partial charge on any atom is -0.320 e. The van der Waals surface area contributed by atoms with Gasteiger partial charge in [-0.15, -0.1) is 13.2 Å². The molecule has 118 valence electrons. The van der Waals surface area contributed by atoms with Crippen molar-refractivity contribution in [2.45, 2.75) is 77.0 Å². The van der Waals surface area contributed by atoms with Crippen molar-refractivity contribution in [3.8, 4) is 0 Å². The fourth-order valence-corrected chi connectivity index (χ4v) is 2.78. The molecule has 0 unspecified atom stereocenters. The van der Waals surface area contributed by atoms with Gasteiger partial charge < -0.3 is 5.32 Å². The first-order chi connectivity index (χ1) is 9.85. The van der Waals surface area contributed by atoms with Gasteiger partial charge in [-0.2, -0.15) is 0 Å². The highest BCUT2D eigenvalue weighted by Gasteiger charge is 2.04. The predicted molar refractivity (Wildman–Crippen MR) is 93.2 cm³/mol. The molecule has 0 rings (SSSR count). The Balaban J connectivity index is 3.22. The molecule has 0 aliphatic rings. The standard InChI is InChI=1S/C19H37N/c1-4-15-19(16-5-2)17-13-11-9-7-6-8-10-12-14-18-20-3/h4-5,19-20H,1-2,6-18H2,3H3. The van der Waals surface area contributed by atoms with E-state index in [9.17, 15) is 0 Å². The molecular formula is C19H37N. The molecule has 0 aliphatic carbocycles. The summed E-state index contributed by atoms with van der Waals surface area (Å²) in [4.78, 5) is 0. The first-order valence-corrected chi connectivity index (χ1v) is 8.71. The van der Waals surface area contributed by atoms with E-state index in [1.54, 1.807) is 0 Å². The quantitative estimate of drug-likeness (QED) is 0.275. The zero-order chi connectivity index (χ0) is 14.9. The zero-order valence-corrected chi connectivity index (χ0v) is 13.8. The molecule has 1 nitrogen and oxygen atoms in total. The first kappa shape index (κ1) is 19.4. The zero-order valence-electron chi connectivity index (χ0n) is 13.8. The SMILES string of the molecule is C=CCC(CC=C)CCCCCCCCCCCNC. The molecule has 0 aliphatic heterocycles. The molecule has 0 amide bonds. The minimum absolute atomic E-state index is 0.789. The lowest BCUT2D eigenvalue weighted by atomic mass is 9.94. The highest BCUT2D eigenvalue weighted by Crippen LogP contribution is 2.19. The van der Waals surface area contributed by atoms with E-state index in [-0.39, 0.29) is 0 Å². The van der Waals surface area contributed by atoms with Crippen LogP contribution in [-0.4, -0.2) is 13.6 Å². The smallest absolute Gasteiger partial charge is 0.00519 e. The fourth-order valence-electron chi connectivity index (χ4n) is 2.78. The highest BCUT2D eigenvalue weighted by molar-refractivity contribution is 4.79. The third kappa shape index (κ3) is 13.9. The highest BCUT2D eigenvalue weighted by atomic mass is 14.8. The van der Waals surface area contributed by atoms with E-state index >= 15 is 0 Å². The summed E-state index contributed by atoms with van der Waals surface area (Å²) in [6.07, 6.45) is 20.4. The maximum Gasteiger partial charge on any atom is -0.00519 e. The minimum atomic E-state index is 0.789. The topological polar surface area (TPSA) is 12.0 Å². The molecule has 20 heavy (non-hydrogen) atoms. The summed E-state index contributed by atoms with van der Waals surface area (Å²) in [5.74, 6) is 0.789. The van der Waals surface area contributed by atoms with E-state index < -0.39 is 0 Å². The molecule has 0 radical (unpaired) electrons. The maximum absolute atomic E-state index is 3.85. The lowest BCUT2D eigenvalue weighted by Crippen LogP contribution is -2.06. The molecule has 1 heteroatoms. The Morgan fingerprint density at radius 1 is 0.750 bits per heavy atom. The average molecular weight is 280 g/mol. The molecule has 0 aromatic rings. The van der Waals surface area contributed by atoms with E-state index in [1.807, 2.05) is 7.05 Å². The molecule has 0 heterocycles. The summed E-state index contributed by atoms with van der Waals surface area (Å²) < 4.78 is 0. The number of hydrogen-bond acceptors (Lipinski definition) is 1. The van der Waals surface area contributed by atoms with Crippen LogP contribution in [0.25, 0.3) is 0 Å². The van der Waals surface area contributed by atoms with Gasteiger partial charge in [0.25, 0.3) is 0 Å². The largest absolute Gasteiger partial charge is 0.320 e. The van der Waals surface area contributed by atoms with Gasteiger partial charge in [-0.1, -0.05) is 63.5 Å². The summed E-state index contributed by atoms with van der Waals surface area (Å²) in [5, 5.41) is 3.21. The molecule has 0 bridgehead atoms. The molecule has 1 N–H and O–H groups in total. The molecule has 0 atom stereocenters. The summed E-state index contributed by atoms with van der Waals surface area (Å²) in [6, 6.07) is 0. The Bertz CT molecular complexity index is 200. The molecule has 0 fully saturated rings. The van der Waals surface area contributed by atoms with Crippen molar-refractivity contribution in [1.82, 2.24) is 5.32 Å². The first-order valence-electron chi connectivity index (χ1n) is 8.71. The Morgan fingerprint density at radius 3 is 1.65 bits per heavy atom. The van der Waals surface area contributed by atoms with E-state index in [4.69, 9.17) is 0 Å². The van der Waals surface area contributed by atoms with E-state index in [0.29, 0.717) is 0 Å². The van der Waals surface area contributed by atoms with Gasteiger partial charge in [-0.25, -0.2) is 0 Å². The van der Waals surface area contributed by atoms with Crippen LogP contribution in [0.4, 0.5) is 0 Å². The van der Waals surface area contributed by atoms with Crippen molar-refractivity contribution in [3.05, 3.63) is 25.3 Å². The predicted octanol–water partition coefficient (Wildman–Crippen LogP) is 5.88. The van der Waals surface area contributed by atoms with Crippen molar-refractivity contribution in [2.24, 2.45) is 5.92 Å². The molecule has 0 spiro atoms. The molecule has 0 aromatic carbocycles. The van der Waals surface area contributed by atoms with Crippen molar-refractivity contribution in [1.29, 1.82) is 0 Å². The van der Waals surface area contributed by atoms with Crippen LogP contribution < -0.4 is 5.32 Å². The second-order valence-corrected chi connectivity index (χ2v) is 5.99. The van der Waals surface area contributed by atoms with E-state index in [1.165, 1.54) is 70.8 Å². The van der Waals surface area contributed by atoms with Crippen LogP contribution >= 0.6 is 0 Å². The lowest BCUT2D eigenvalue weighted by Gasteiger charge is -2.12. The second kappa shape index (κ2) is 16.5. The summed E-state index contributed by atoms with van der Waals surface area (Å²) in [6.45, 7) is 8.88. The van der Waals surface area contributed by atoms with Gasteiger partial charge in [0, 0.05) is 0 Å². The van der Waals surface area contributed by atoms with Gasteiger partial charge in [0.15, 0.2) is 0 Å². The third-order valence-corrected chi connectivity index (χ3v) is 4.04. The average Bonchev–Trinajstić information content (AvgIpc) is 2.45. The Hall–Kier alpha value is -0.560. The molecule has 0 saturated heterocycles. The Kier molecular flexibility index (Phi) is 16.0. The van der Waals surface area contributed by atoms with Crippen LogP contribution in [0, 0.1) is 5.92 Å². The van der Waals surface area contributed by atoms with E-state index in [0.717, 1.165) is 18.8 Å². The van der Waals surface area contributed by atoms with Gasteiger partial charge in [0.05, 0.1) is 0 Å². The van der Waals surface area contributed by atoms with Gasteiger partial charge in [-0.3, -0.25) is 0 Å². The lowest BCUT2D eigenvalue weighted by molar-refractivity contribution is 0.456. The monoisotopic (exact) mass is 279 g/mol. The normalized spacial score (nSPS) is 10.9. The summed E-state index contributed by atoms with van der Waals surface area (Å²) in [5.41, 5.74) is 0. The van der Waals surface area contributed by atoms with Gasteiger partial charge >= 0.3 is 0 Å². The second-order valence-electron chi connectivity index (χ2n) is 5.99. The number of hydrogen-bond donors (Lipinski definition) is 1. The van der Waals surface area contributed by atoms with Crippen LogP contribution in [0.3, 0.4) is 0 Å². The van der Waals surface area contributed by atoms with Gasteiger partial charge in [0.1, 0.15) is 0 Å². The Labute approximate surface area is 127 Å². The van der Waals surface area contributed by atoms with Crippen LogP contribution in [0.5, 0.6) is 0 Å². The van der Waals surface area contributed by atoms with Crippen molar-refractivity contribution in [2.75, 3.05) is 13.6 Å². The van der Waals surface area contributed by atoms with Crippen molar-refractivity contribution >= 4 is 0 Å². The van der Waals surface area contributed by atoms with E-state index in [2.05, 4.69) is 30.6 Å². The summed E-state index contributed by atoms with van der Waals surface area (Å²) in [7, 11) is 2.04. The van der Waals surface area contributed by atoms with Crippen LogP contribution in [-0.2, 0) is 0 Å².